The van der Waals surface area contributed by atoms with Gasteiger partial charge in [0.25, 0.3) is 0 Å². The average Bonchev–Trinajstić information content (AvgIpc) is 3.10. The summed E-state index contributed by atoms with van der Waals surface area (Å²) in [5.74, 6) is 0.849. The maximum absolute atomic E-state index is 4.23. The molecule has 1 aliphatic carbocycles. The number of aromatic nitrogens is 2. The van der Waals surface area contributed by atoms with E-state index >= 15 is 0 Å². The zero-order valence-electron chi connectivity index (χ0n) is 12.6. The molecule has 0 aromatic carbocycles. The fourth-order valence-corrected chi connectivity index (χ4v) is 4.00. The van der Waals surface area contributed by atoms with Gasteiger partial charge in [0.1, 0.15) is 0 Å². The van der Waals surface area contributed by atoms with Crippen molar-refractivity contribution in [1.82, 2.24) is 20.4 Å². The fourth-order valence-electron chi connectivity index (χ4n) is 4.00. The van der Waals surface area contributed by atoms with Gasteiger partial charge in [0, 0.05) is 44.0 Å². The largest absolute Gasteiger partial charge is 0.314 e. The van der Waals surface area contributed by atoms with Crippen molar-refractivity contribution in [2.24, 2.45) is 13.0 Å². The van der Waals surface area contributed by atoms with Crippen molar-refractivity contribution < 1.29 is 0 Å². The van der Waals surface area contributed by atoms with E-state index in [0.717, 1.165) is 31.0 Å². The summed E-state index contributed by atoms with van der Waals surface area (Å²) >= 11 is 0. The lowest BCUT2D eigenvalue weighted by Crippen LogP contribution is -2.47. The Hall–Kier alpha value is -0.870. The van der Waals surface area contributed by atoms with Crippen LogP contribution < -0.4 is 10.6 Å². The van der Waals surface area contributed by atoms with E-state index in [2.05, 4.69) is 21.8 Å². The highest BCUT2D eigenvalue weighted by Gasteiger charge is 2.33. The second-order valence-electron chi connectivity index (χ2n) is 6.41. The third-order valence-corrected chi connectivity index (χ3v) is 5.14. The van der Waals surface area contributed by atoms with Gasteiger partial charge < -0.3 is 10.6 Å². The number of hydrogen-bond acceptors (Lipinski definition) is 3. The summed E-state index contributed by atoms with van der Waals surface area (Å²) < 4.78 is 1.98. The Morgan fingerprint density at radius 2 is 2.25 bits per heavy atom. The molecule has 0 amide bonds. The van der Waals surface area contributed by atoms with Crippen LogP contribution in [-0.4, -0.2) is 35.0 Å². The highest BCUT2D eigenvalue weighted by atomic mass is 15.3. The first-order valence-corrected chi connectivity index (χ1v) is 8.28. The second kappa shape index (κ2) is 6.72. The van der Waals surface area contributed by atoms with Crippen LogP contribution in [0, 0.1) is 5.92 Å². The van der Waals surface area contributed by atoms with Gasteiger partial charge in [-0.15, -0.1) is 0 Å². The second-order valence-corrected chi connectivity index (χ2v) is 6.41. The van der Waals surface area contributed by atoms with E-state index in [1.165, 1.54) is 50.8 Å². The standard InChI is InChI=1S/C16H28N4/c1-20-13(9-12-19-20)8-11-18-16-7-4-5-14(16)15-6-2-3-10-17-15/h9,12,14-18H,2-8,10-11H2,1H3. The molecule has 0 bridgehead atoms. The molecule has 1 saturated heterocycles. The Morgan fingerprint density at radius 1 is 1.30 bits per heavy atom. The predicted molar refractivity (Wildman–Crippen MR) is 81.7 cm³/mol. The van der Waals surface area contributed by atoms with Gasteiger partial charge in [-0.1, -0.05) is 12.8 Å². The molecule has 3 unspecified atom stereocenters. The highest BCUT2D eigenvalue weighted by molar-refractivity contribution is 5.01. The van der Waals surface area contributed by atoms with Crippen LogP contribution >= 0.6 is 0 Å². The average molecular weight is 276 g/mol. The summed E-state index contributed by atoms with van der Waals surface area (Å²) in [5.41, 5.74) is 1.32. The monoisotopic (exact) mass is 276 g/mol. The lowest BCUT2D eigenvalue weighted by Gasteiger charge is -2.33. The first-order chi connectivity index (χ1) is 9.84. The molecule has 3 rings (SSSR count). The minimum absolute atomic E-state index is 0.721. The van der Waals surface area contributed by atoms with Crippen LogP contribution in [0.5, 0.6) is 0 Å². The summed E-state index contributed by atoms with van der Waals surface area (Å²) in [5, 5.41) is 11.8. The van der Waals surface area contributed by atoms with Gasteiger partial charge in [0.2, 0.25) is 0 Å². The smallest absolute Gasteiger partial charge is 0.0492 e. The highest BCUT2D eigenvalue weighted by Crippen LogP contribution is 2.31. The zero-order valence-corrected chi connectivity index (χ0v) is 12.6. The normalized spacial score (nSPS) is 30.8. The molecule has 1 aliphatic heterocycles. The van der Waals surface area contributed by atoms with Gasteiger partial charge in [-0.05, 0) is 44.2 Å². The van der Waals surface area contributed by atoms with Crippen LogP contribution in [0.1, 0.15) is 44.2 Å². The molecule has 4 nitrogen and oxygen atoms in total. The first kappa shape index (κ1) is 14.1. The molecule has 3 atom stereocenters. The van der Waals surface area contributed by atoms with Gasteiger partial charge in [0.05, 0.1) is 0 Å². The fraction of sp³-hybridized carbons (Fsp3) is 0.812. The Labute approximate surface area is 122 Å². The molecule has 1 aromatic rings. The maximum atomic E-state index is 4.23. The van der Waals surface area contributed by atoms with Crippen molar-refractivity contribution in [3.63, 3.8) is 0 Å². The molecule has 1 saturated carbocycles. The maximum Gasteiger partial charge on any atom is 0.0492 e. The Kier molecular flexibility index (Phi) is 4.73. The van der Waals surface area contributed by atoms with Gasteiger partial charge in [-0.25, -0.2) is 0 Å². The van der Waals surface area contributed by atoms with E-state index in [1.807, 2.05) is 17.9 Å². The molecule has 2 aliphatic rings. The van der Waals surface area contributed by atoms with Crippen LogP contribution in [0.3, 0.4) is 0 Å². The quantitative estimate of drug-likeness (QED) is 0.862. The van der Waals surface area contributed by atoms with Crippen molar-refractivity contribution >= 4 is 0 Å². The molecule has 2 heterocycles. The number of rotatable bonds is 5. The van der Waals surface area contributed by atoms with E-state index in [0.29, 0.717) is 0 Å². The Bertz CT molecular complexity index is 408. The summed E-state index contributed by atoms with van der Waals surface area (Å²) in [4.78, 5) is 0. The van der Waals surface area contributed by atoms with Gasteiger partial charge >= 0.3 is 0 Å². The molecule has 4 heteroatoms. The SMILES string of the molecule is Cn1nccc1CCNC1CCCC1C1CCCCN1. The van der Waals surface area contributed by atoms with E-state index in [1.54, 1.807) is 0 Å². The number of nitrogens with one attached hydrogen (secondary N) is 2. The third kappa shape index (κ3) is 3.23. The predicted octanol–water partition coefficient (Wildman–Crippen LogP) is 1.86. The third-order valence-electron chi connectivity index (χ3n) is 5.14. The Balaban J connectivity index is 1.47. The summed E-state index contributed by atoms with van der Waals surface area (Å²) in [6.45, 7) is 2.30. The molecule has 112 valence electrons. The van der Waals surface area contributed by atoms with E-state index in [4.69, 9.17) is 0 Å². The summed E-state index contributed by atoms with van der Waals surface area (Å²) in [6, 6.07) is 3.61. The van der Waals surface area contributed by atoms with Crippen LogP contribution in [-0.2, 0) is 13.5 Å². The molecule has 0 radical (unpaired) electrons. The first-order valence-electron chi connectivity index (χ1n) is 8.28. The summed E-state index contributed by atoms with van der Waals surface area (Å²) in [6.07, 6.45) is 11.3. The van der Waals surface area contributed by atoms with Crippen molar-refractivity contribution in [1.29, 1.82) is 0 Å². The number of hydrogen-bond donors (Lipinski definition) is 2. The van der Waals surface area contributed by atoms with E-state index < -0.39 is 0 Å². The lowest BCUT2D eigenvalue weighted by molar-refractivity contribution is 0.258. The van der Waals surface area contributed by atoms with Gasteiger partial charge in [0.15, 0.2) is 0 Å². The summed E-state index contributed by atoms with van der Waals surface area (Å²) in [7, 11) is 2.03. The molecular formula is C16H28N4. The molecule has 2 N–H and O–H groups in total. The number of nitrogens with zero attached hydrogens (tertiary/aromatic N) is 2. The van der Waals surface area contributed by atoms with Crippen molar-refractivity contribution in [3.05, 3.63) is 18.0 Å². The number of piperidine rings is 1. The van der Waals surface area contributed by atoms with Gasteiger partial charge in [-0.2, -0.15) is 5.10 Å². The topological polar surface area (TPSA) is 41.9 Å². The van der Waals surface area contributed by atoms with Crippen molar-refractivity contribution in [3.8, 4) is 0 Å². The molecule has 1 aromatic heterocycles. The van der Waals surface area contributed by atoms with Crippen LogP contribution in [0.2, 0.25) is 0 Å². The number of aryl methyl sites for hydroxylation is 1. The minimum atomic E-state index is 0.721. The van der Waals surface area contributed by atoms with Crippen LogP contribution in [0.15, 0.2) is 12.3 Å². The zero-order chi connectivity index (χ0) is 13.8. The minimum Gasteiger partial charge on any atom is -0.314 e. The van der Waals surface area contributed by atoms with Gasteiger partial charge in [-0.3, -0.25) is 4.68 Å². The van der Waals surface area contributed by atoms with Crippen molar-refractivity contribution in [2.75, 3.05) is 13.1 Å². The van der Waals surface area contributed by atoms with E-state index in [9.17, 15) is 0 Å². The Morgan fingerprint density at radius 3 is 3.00 bits per heavy atom. The van der Waals surface area contributed by atoms with Crippen LogP contribution in [0.25, 0.3) is 0 Å². The van der Waals surface area contributed by atoms with Crippen LogP contribution in [0.4, 0.5) is 0 Å². The molecule has 0 spiro atoms. The molecule has 2 fully saturated rings. The van der Waals surface area contributed by atoms with E-state index in [-0.39, 0.29) is 0 Å². The molecule has 20 heavy (non-hydrogen) atoms. The van der Waals surface area contributed by atoms with Crippen molar-refractivity contribution in [2.45, 2.75) is 57.0 Å². The molecular weight excluding hydrogens is 248 g/mol. The lowest BCUT2D eigenvalue weighted by atomic mass is 9.88.